The number of aromatic amines is 1. The summed E-state index contributed by atoms with van der Waals surface area (Å²) < 4.78 is 27.1. The zero-order chi connectivity index (χ0) is 20.0. The van der Waals surface area contributed by atoms with Crippen LogP contribution in [0.1, 0.15) is 40.9 Å². The van der Waals surface area contributed by atoms with Crippen molar-refractivity contribution in [2.75, 3.05) is 0 Å². The Morgan fingerprint density at radius 2 is 1.59 bits per heavy atom. The Bertz CT molecular complexity index is 1060. The molecule has 146 valence electrons. The number of nitrogens with one attached hydrogen (secondary N) is 1. The molecular weight excluding hydrogens is 372 g/mol. The molecule has 0 atom stereocenters. The van der Waals surface area contributed by atoms with Gasteiger partial charge >= 0.3 is 0 Å². The Kier molecular flexibility index (Phi) is 4.08. The number of rotatable bonds is 4. The van der Waals surface area contributed by atoms with Gasteiger partial charge in [0.1, 0.15) is 23.0 Å². The Balaban J connectivity index is 1.63. The Labute approximate surface area is 166 Å². The van der Waals surface area contributed by atoms with Gasteiger partial charge in [0.15, 0.2) is 0 Å². The topological polar surface area (TPSA) is 61.3 Å². The fourth-order valence-corrected chi connectivity index (χ4v) is 4.20. The number of hydrogen-bond donors (Lipinski definition) is 2. The minimum Gasteiger partial charge on any atom is -0.411 e. The zero-order valence-corrected chi connectivity index (χ0v) is 15.6. The van der Waals surface area contributed by atoms with Gasteiger partial charge in [-0.15, -0.1) is 0 Å². The molecule has 0 radical (unpaired) electrons. The van der Waals surface area contributed by atoms with Gasteiger partial charge in [0.2, 0.25) is 0 Å². The van der Waals surface area contributed by atoms with Gasteiger partial charge in [-0.2, -0.15) is 5.10 Å². The molecule has 0 unspecified atom stereocenters. The first-order valence-electron chi connectivity index (χ1n) is 9.61. The number of oxime groups is 1. The first-order valence-corrected chi connectivity index (χ1v) is 9.61. The van der Waals surface area contributed by atoms with Crippen molar-refractivity contribution in [2.45, 2.75) is 24.7 Å². The summed E-state index contributed by atoms with van der Waals surface area (Å²) in [6, 6.07) is 12.8. The van der Waals surface area contributed by atoms with Crippen LogP contribution in [0.2, 0.25) is 0 Å². The van der Waals surface area contributed by atoms with Gasteiger partial charge in [-0.05, 0) is 48.2 Å². The normalized spacial score (nSPS) is 17.9. The van der Waals surface area contributed by atoms with Crippen molar-refractivity contribution in [3.63, 3.8) is 0 Å². The molecule has 1 fully saturated rings. The molecule has 0 aliphatic heterocycles. The average Bonchev–Trinajstić information content (AvgIpc) is 3.49. The van der Waals surface area contributed by atoms with E-state index in [0.29, 0.717) is 17.8 Å². The summed E-state index contributed by atoms with van der Waals surface area (Å²) in [6.07, 6.45) is 6.57. The van der Waals surface area contributed by atoms with E-state index in [4.69, 9.17) is 0 Å². The highest BCUT2D eigenvalue weighted by Crippen LogP contribution is 2.43. The molecule has 1 heterocycles. The highest BCUT2D eigenvalue weighted by Gasteiger charge is 2.39. The van der Waals surface area contributed by atoms with Crippen molar-refractivity contribution in [2.24, 2.45) is 11.1 Å². The SMILES string of the molecule is O/N=C(\c1n[nH]c2c1C=CC(c1ccc(F)cc1)(c1ccc(F)cc1)C2)C1CC1. The molecule has 0 amide bonds. The monoisotopic (exact) mass is 391 g/mol. The molecular formula is C23H19F2N3O. The van der Waals surface area contributed by atoms with E-state index in [1.54, 1.807) is 24.3 Å². The van der Waals surface area contributed by atoms with Crippen LogP contribution < -0.4 is 0 Å². The van der Waals surface area contributed by atoms with Crippen LogP contribution >= 0.6 is 0 Å². The van der Waals surface area contributed by atoms with Crippen LogP contribution in [0.15, 0.2) is 59.8 Å². The van der Waals surface area contributed by atoms with Gasteiger partial charge in [-0.3, -0.25) is 5.10 Å². The molecule has 0 saturated heterocycles. The second kappa shape index (κ2) is 6.65. The van der Waals surface area contributed by atoms with Crippen LogP contribution in [-0.2, 0) is 11.8 Å². The van der Waals surface area contributed by atoms with Crippen molar-refractivity contribution in [1.29, 1.82) is 0 Å². The van der Waals surface area contributed by atoms with E-state index in [1.165, 1.54) is 24.3 Å². The molecule has 0 bridgehead atoms. The van der Waals surface area contributed by atoms with E-state index in [9.17, 15) is 14.0 Å². The second-order valence-corrected chi connectivity index (χ2v) is 7.72. The number of aromatic nitrogens is 2. The van der Waals surface area contributed by atoms with Crippen molar-refractivity contribution in [3.8, 4) is 0 Å². The van der Waals surface area contributed by atoms with Crippen LogP contribution in [0.4, 0.5) is 8.78 Å². The van der Waals surface area contributed by atoms with Gasteiger partial charge in [0, 0.05) is 29.0 Å². The predicted molar refractivity (Wildman–Crippen MR) is 106 cm³/mol. The van der Waals surface area contributed by atoms with Gasteiger partial charge in [-0.1, -0.05) is 41.6 Å². The van der Waals surface area contributed by atoms with Crippen molar-refractivity contribution in [3.05, 3.63) is 94.3 Å². The van der Waals surface area contributed by atoms with E-state index in [1.807, 2.05) is 6.08 Å². The van der Waals surface area contributed by atoms with E-state index in [-0.39, 0.29) is 17.6 Å². The third-order valence-electron chi connectivity index (χ3n) is 5.91. The smallest absolute Gasteiger partial charge is 0.123 e. The van der Waals surface area contributed by atoms with Crippen LogP contribution in [0, 0.1) is 17.6 Å². The van der Waals surface area contributed by atoms with Crippen LogP contribution in [0.5, 0.6) is 0 Å². The minimum absolute atomic E-state index is 0.252. The maximum absolute atomic E-state index is 13.6. The summed E-state index contributed by atoms with van der Waals surface area (Å²) in [7, 11) is 0. The Hall–Kier alpha value is -3.28. The molecule has 0 spiro atoms. The van der Waals surface area contributed by atoms with Gasteiger partial charge < -0.3 is 5.21 Å². The lowest BCUT2D eigenvalue weighted by molar-refractivity contribution is 0.317. The Morgan fingerprint density at radius 1 is 1.00 bits per heavy atom. The number of fused-ring (bicyclic) bond motifs is 1. The molecule has 29 heavy (non-hydrogen) atoms. The summed E-state index contributed by atoms with van der Waals surface area (Å²) in [5.41, 5.74) is 4.32. The molecule has 4 nitrogen and oxygen atoms in total. The van der Waals surface area contributed by atoms with Gasteiger partial charge in [-0.25, -0.2) is 8.78 Å². The van der Waals surface area contributed by atoms with Gasteiger partial charge in [0.05, 0.1) is 0 Å². The lowest BCUT2D eigenvalue weighted by Gasteiger charge is -2.34. The average molecular weight is 391 g/mol. The Morgan fingerprint density at radius 3 is 2.10 bits per heavy atom. The summed E-state index contributed by atoms with van der Waals surface area (Å²) in [4.78, 5) is 0. The fourth-order valence-electron chi connectivity index (χ4n) is 4.20. The van der Waals surface area contributed by atoms with Crippen molar-refractivity contribution >= 4 is 11.8 Å². The molecule has 5 rings (SSSR count). The lowest BCUT2D eigenvalue weighted by atomic mass is 9.68. The van der Waals surface area contributed by atoms with E-state index in [2.05, 4.69) is 21.4 Å². The largest absolute Gasteiger partial charge is 0.411 e. The molecule has 1 saturated carbocycles. The predicted octanol–water partition coefficient (Wildman–Crippen LogP) is 4.83. The molecule has 2 N–H and O–H groups in total. The number of halogens is 2. The van der Waals surface area contributed by atoms with E-state index < -0.39 is 5.41 Å². The fraction of sp³-hybridized carbons (Fsp3) is 0.217. The minimum atomic E-state index is -0.589. The lowest BCUT2D eigenvalue weighted by Crippen LogP contribution is -2.30. The molecule has 6 heteroatoms. The number of nitrogens with zero attached hydrogens (tertiary/aromatic N) is 2. The van der Waals surface area contributed by atoms with Crippen LogP contribution in [-0.4, -0.2) is 21.1 Å². The highest BCUT2D eigenvalue weighted by molar-refractivity contribution is 6.04. The zero-order valence-electron chi connectivity index (χ0n) is 15.6. The van der Waals surface area contributed by atoms with Gasteiger partial charge in [0.25, 0.3) is 0 Å². The summed E-state index contributed by atoms with van der Waals surface area (Å²) in [5.74, 6) is -0.359. The third-order valence-corrected chi connectivity index (χ3v) is 5.91. The number of allylic oxidation sites excluding steroid dienone is 1. The highest BCUT2D eigenvalue weighted by atomic mass is 19.1. The molecule has 1 aromatic heterocycles. The first-order chi connectivity index (χ1) is 14.1. The maximum atomic E-state index is 13.6. The van der Waals surface area contributed by atoms with Crippen LogP contribution in [0.3, 0.4) is 0 Å². The quantitative estimate of drug-likeness (QED) is 0.380. The maximum Gasteiger partial charge on any atom is 0.123 e. The number of H-pyrrole nitrogens is 1. The summed E-state index contributed by atoms with van der Waals surface area (Å²) in [6.45, 7) is 0. The summed E-state index contributed by atoms with van der Waals surface area (Å²) >= 11 is 0. The van der Waals surface area contributed by atoms with Crippen molar-refractivity contribution < 1.29 is 14.0 Å². The van der Waals surface area contributed by atoms with Crippen LogP contribution in [0.25, 0.3) is 6.08 Å². The number of benzene rings is 2. The molecule has 3 aromatic rings. The van der Waals surface area contributed by atoms with E-state index in [0.717, 1.165) is 35.2 Å². The van der Waals surface area contributed by atoms with E-state index >= 15 is 0 Å². The van der Waals surface area contributed by atoms with Crippen molar-refractivity contribution in [1.82, 2.24) is 10.2 Å². The molecule has 2 aliphatic carbocycles. The summed E-state index contributed by atoms with van der Waals surface area (Å²) in [5, 5.41) is 20.5. The standard InChI is InChI=1S/C23H19F2N3O/c24-17-7-3-15(4-8-17)23(16-5-9-18(25)10-6-16)12-11-19-20(13-23)26-27-22(19)21(28-29)14-1-2-14/h3-12,14,29H,1-2,13H2,(H,26,27)/b28-21-. The first kappa shape index (κ1) is 17.8. The molecule has 2 aliphatic rings. The second-order valence-electron chi connectivity index (χ2n) is 7.72. The molecule has 2 aromatic carbocycles. The third kappa shape index (κ3) is 2.95. The number of hydrogen-bond acceptors (Lipinski definition) is 3.